The van der Waals surface area contributed by atoms with Gasteiger partial charge in [-0.3, -0.25) is 4.79 Å². The number of carbonyl (C=O) groups excluding carboxylic acids is 1. The summed E-state index contributed by atoms with van der Waals surface area (Å²) < 4.78 is 5.20. The largest absolute Gasteiger partial charge is 0.466 e. The Hall–Kier alpha value is -0.610. The molecule has 0 fully saturated rings. The van der Waals surface area contributed by atoms with E-state index in [2.05, 4.69) is 0 Å². The molecule has 0 spiro atoms. The van der Waals surface area contributed by atoms with Crippen LogP contribution in [0.25, 0.3) is 0 Å². The third-order valence-electron chi connectivity index (χ3n) is 3.60. The number of carbonyl (C=O) groups is 1. The van der Waals surface area contributed by atoms with E-state index in [-0.39, 0.29) is 12.6 Å². The van der Waals surface area contributed by atoms with Gasteiger partial charge < -0.3 is 14.9 Å². The Labute approximate surface area is 129 Å². The molecule has 0 aromatic carbocycles. The van der Waals surface area contributed by atoms with Crippen LogP contribution in [0.4, 0.5) is 0 Å². The zero-order chi connectivity index (χ0) is 15.6. The molecule has 0 rings (SSSR count). The highest BCUT2D eigenvalue weighted by Gasteiger charge is 2.02. The van der Waals surface area contributed by atoms with E-state index in [4.69, 9.17) is 14.9 Å². The van der Waals surface area contributed by atoms with Crippen molar-refractivity contribution in [2.24, 2.45) is 0 Å². The lowest BCUT2D eigenvalue weighted by Gasteiger charge is -2.05. The fourth-order valence-electron chi connectivity index (χ4n) is 2.27. The van der Waals surface area contributed by atoms with Gasteiger partial charge in [-0.15, -0.1) is 0 Å². The van der Waals surface area contributed by atoms with Crippen molar-refractivity contribution in [1.82, 2.24) is 0 Å². The highest BCUT2D eigenvalue weighted by Crippen LogP contribution is 2.08. The van der Waals surface area contributed by atoms with Crippen molar-refractivity contribution in [3.63, 3.8) is 0 Å². The molecule has 4 nitrogen and oxygen atoms in total. The lowest BCUT2D eigenvalue weighted by Crippen LogP contribution is -2.05. The SMILES string of the molecule is O=C(CCCCCCCO)OCCCCCCCCCO. The van der Waals surface area contributed by atoms with Crippen LogP contribution < -0.4 is 0 Å². The van der Waals surface area contributed by atoms with Crippen molar-refractivity contribution in [2.45, 2.75) is 83.5 Å². The summed E-state index contributed by atoms with van der Waals surface area (Å²) in [6.07, 6.45) is 13.2. The first-order chi connectivity index (χ1) is 10.3. The zero-order valence-corrected chi connectivity index (χ0v) is 13.5. The fraction of sp³-hybridized carbons (Fsp3) is 0.941. The highest BCUT2D eigenvalue weighted by molar-refractivity contribution is 5.69. The second-order valence-electron chi connectivity index (χ2n) is 5.66. The number of unbranched alkanes of at least 4 members (excludes halogenated alkanes) is 10. The maximum absolute atomic E-state index is 11.5. The van der Waals surface area contributed by atoms with E-state index >= 15 is 0 Å². The first-order valence-electron chi connectivity index (χ1n) is 8.68. The molecule has 126 valence electrons. The smallest absolute Gasteiger partial charge is 0.305 e. The predicted molar refractivity (Wildman–Crippen MR) is 85.2 cm³/mol. The summed E-state index contributed by atoms with van der Waals surface area (Å²) in [7, 11) is 0. The van der Waals surface area contributed by atoms with Crippen LogP contribution in [-0.4, -0.2) is 36.0 Å². The van der Waals surface area contributed by atoms with Crippen molar-refractivity contribution in [3.8, 4) is 0 Å². The number of rotatable bonds is 16. The second kappa shape index (κ2) is 17.4. The van der Waals surface area contributed by atoms with Gasteiger partial charge in [0.05, 0.1) is 6.61 Å². The Balaban J connectivity index is 3.12. The van der Waals surface area contributed by atoms with Crippen LogP contribution in [0.3, 0.4) is 0 Å². The minimum atomic E-state index is -0.0693. The van der Waals surface area contributed by atoms with E-state index in [0.717, 1.165) is 57.8 Å². The molecule has 0 atom stereocenters. The van der Waals surface area contributed by atoms with Crippen LogP contribution in [0.15, 0.2) is 0 Å². The Morgan fingerprint density at radius 2 is 1.05 bits per heavy atom. The standard InChI is InChI=1S/C17H34O4/c18-14-10-6-2-1-3-8-12-16-21-17(20)13-9-5-4-7-11-15-19/h18-19H,1-16H2. The Morgan fingerprint density at radius 3 is 1.57 bits per heavy atom. The van der Waals surface area contributed by atoms with Gasteiger partial charge in [-0.2, -0.15) is 0 Å². The van der Waals surface area contributed by atoms with Crippen LogP contribution >= 0.6 is 0 Å². The molecular formula is C17H34O4. The minimum Gasteiger partial charge on any atom is -0.466 e. The summed E-state index contributed by atoms with van der Waals surface area (Å²) in [5.74, 6) is -0.0693. The second-order valence-corrected chi connectivity index (χ2v) is 5.66. The molecule has 4 heteroatoms. The maximum Gasteiger partial charge on any atom is 0.305 e. The van der Waals surface area contributed by atoms with E-state index in [1.165, 1.54) is 19.3 Å². The molecule has 0 aromatic rings. The molecule has 0 saturated heterocycles. The van der Waals surface area contributed by atoms with Crippen molar-refractivity contribution in [3.05, 3.63) is 0 Å². The number of aliphatic hydroxyl groups excluding tert-OH is 2. The number of hydrogen-bond acceptors (Lipinski definition) is 4. The third kappa shape index (κ3) is 17.3. The molecule has 2 N–H and O–H groups in total. The molecule has 0 aromatic heterocycles. The molecule has 0 aliphatic rings. The summed E-state index contributed by atoms with van der Waals surface area (Å²) in [6.45, 7) is 1.13. The molecule has 0 unspecified atom stereocenters. The van der Waals surface area contributed by atoms with Gasteiger partial charge in [-0.25, -0.2) is 0 Å². The van der Waals surface area contributed by atoms with Gasteiger partial charge in [0, 0.05) is 19.6 Å². The minimum absolute atomic E-state index is 0.0693. The topological polar surface area (TPSA) is 66.8 Å². The van der Waals surface area contributed by atoms with Gasteiger partial charge in [0.2, 0.25) is 0 Å². The van der Waals surface area contributed by atoms with Gasteiger partial charge in [0.15, 0.2) is 0 Å². The van der Waals surface area contributed by atoms with E-state index in [0.29, 0.717) is 19.6 Å². The molecule has 0 aliphatic heterocycles. The molecule has 0 aliphatic carbocycles. The van der Waals surface area contributed by atoms with Crippen LogP contribution in [0.1, 0.15) is 83.5 Å². The molecule has 21 heavy (non-hydrogen) atoms. The monoisotopic (exact) mass is 302 g/mol. The lowest BCUT2D eigenvalue weighted by atomic mass is 10.1. The number of ether oxygens (including phenoxy) is 1. The normalized spacial score (nSPS) is 10.8. The molecule has 0 amide bonds. The fourth-order valence-corrected chi connectivity index (χ4v) is 2.27. The van der Waals surface area contributed by atoms with Crippen molar-refractivity contribution < 1.29 is 19.7 Å². The van der Waals surface area contributed by atoms with Crippen LogP contribution in [0, 0.1) is 0 Å². The summed E-state index contributed by atoms with van der Waals surface area (Å²) >= 11 is 0. The van der Waals surface area contributed by atoms with E-state index in [1.54, 1.807) is 0 Å². The van der Waals surface area contributed by atoms with Crippen molar-refractivity contribution >= 4 is 5.97 Å². The summed E-state index contributed by atoms with van der Waals surface area (Å²) in [6, 6.07) is 0. The van der Waals surface area contributed by atoms with Gasteiger partial charge in [0.1, 0.15) is 0 Å². The Kier molecular flexibility index (Phi) is 16.9. The molecular weight excluding hydrogens is 268 g/mol. The average Bonchev–Trinajstić information content (AvgIpc) is 2.49. The molecule has 0 heterocycles. The lowest BCUT2D eigenvalue weighted by molar-refractivity contribution is -0.143. The average molecular weight is 302 g/mol. The summed E-state index contributed by atoms with van der Waals surface area (Å²) in [4.78, 5) is 11.5. The number of hydrogen-bond donors (Lipinski definition) is 2. The predicted octanol–water partition coefficient (Wildman–Crippen LogP) is 3.59. The van der Waals surface area contributed by atoms with Gasteiger partial charge in [-0.05, 0) is 25.7 Å². The summed E-state index contributed by atoms with van der Waals surface area (Å²) in [5.41, 5.74) is 0. The number of esters is 1. The molecule has 0 bridgehead atoms. The Bertz CT molecular complexity index is 219. The van der Waals surface area contributed by atoms with Gasteiger partial charge in [0.25, 0.3) is 0 Å². The summed E-state index contributed by atoms with van der Waals surface area (Å²) in [5, 5.41) is 17.3. The van der Waals surface area contributed by atoms with E-state index in [1.807, 2.05) is 0 Å². The van der Waals surface area contributed by atoms with Crippen molar-refractivity contribution in [2.75, 3.05) is 19.8 Å². The van der Waals surface area contributed by atoms with Gasteiger partial charge in [-0.1, -0.05) is 51.4 Å². The molecule has 0 saturated carbocycles. The Morgan fingerprint density at radius 1 is 0.619 bits per heavy atom. The zero-order valence-electron chi connectivity index (χ0n) is 13.5. The molecule has 0 radical (unpaired) electrons. The first kappa shape index (κ1) is 20.4. The number of aliphatic hydroxyl groups is 2. The third-order valence-corrected chi connectivity index (χ3v) is 3.60. The van der Waals surface area contributed by atoms with Crippen LogP contribution in [0.2, 0.25) is 0 Å². The maximum atomic E-state index is 11.5. The first-order valence-corrected chi connectivity index (χ1v) is 8.68. The van der Waals surface area contributed by atoms with Gasteiger partial charge >= 0.3 is 5.97 Å². The highest BCUT2D eigenvalue weighted by atomic mass is 16.5. The quantitative estimate of drug-likeness (QED) is 0.338. The van der Waals surface area contributed by atoms with Crippen molar-refractivity contribution in [1.29, 1.82) is 0 Å². The van der Waals surface area contributed by atoms with E-state index in [9.17, 15) is 4.79 Å². The van der Waals surface area contributed by atoms with E-state index < -0.39 is 0 Å². The van der Waals surface area contributed by atoms with Crippen LogP contribution in [-0.2, 0) is 9.53 Å². The van der Waals surface area contributed by atoms with Crippen LogP contribution in [0.5, 0.6) is 0 Å².